The van der Waals surface area contributed by atoms with Crippen molar-refractivity contribution in [3.63, 3.8) is 0 Å². The lowest BCUT2D eigenvalue weighted by atomic mass is 10.2. The molecule has 3 aromatic rings. The SMILES string of the molecule is CCc1nc2cc(C)ccn2c1C(=O)Nc1cccc(C(F)(F)F)c1. The molecule has 0 atom stereocenters. The van der Waals surface area contributed by atoms with Gasteiger partial charge in [0.25, 0.3) is 5.91 Å². The fourth-order valence-corrected chi connectivity index (χ4v) is 2.65. The number of anilines is 1. The summed E-state index contributed by atoms with van der Waals surface area (Å²) in [5, 5.41) is 2.54. The van der Waals surface area contributed by atoms with Crippen molar-refractivity contribution in [1.82, 2.24) is 9.38 Å². The number of carbonyl (C=O) groups is 1. The van der Waals surface area contributed by atoms with Crippen LogP contribution in [0.4, 0.5) is 18.9 Å². The maximum atomic E-state index is 12.8. The summed E-state index contributed by atoms with van der Waals surface area (Å²) in [5.74, 6) is -0.493. The van der Waals surface area contributed by atoms with Crippen molar-refractivity contribution in [3.05, 3.63) is 65.1 Å². The molecule has 0 aliphatic rings. The van der Waals surface area contributed by atoms with Crippen LogP contribution in [0.25, 0.3) is 5.65 Å². The number of carbonyl (C=O) groups excluding carboxylic acids is 1. The molecule has 0 unspecified atom stereocenters. The van der Waals surface area contributed by atoms with Gasteiger partial charge in [0.1, 0.15) is 11.3 Å². The van der Waals surface area contributed by atoms with Crippen LogP contribution >= 0.6 is 0 Å². The highest BCUT2D eigenvalue weighted by atomic mass is 19.4. The number of hydrogen-bond acceptors (Lipinski definition) is 2. The van der Waals surface area contributed by atoms with Crippen LogP contribution in [0.1, 0.15) is 34.2 Å². The molecule has 0 saturated carbocycles. The van der Waals surface area contributed by atoms with E-state index in [1.54, 1.807) is 10.6 Å². The number of benzene rings is 1. The Morgan fingerprint density at radius 3 is 2.68 bits per heavy atom. The van der Waals surface area contributed by atoms with E-state index < -0.39 is 17.6 Å². The monoisotopic (exact) mass is 347 g/mol. The van der Waals surface area contributed by atoms with Gasteiger partial charge in [0, 0.05) is 11.9 Å². The van der Waals surface area contributed by atoms with Crippen LogP contribution in [0.2, 0.25) is 0 Å². The normalized spacial score (nSPS) is 11.7. The number of hydrogen-bond donors (Lipinski definition) is 1. The van der Waals surface area contributed by atoms with E-state index in [0.717, 1.165) is 17.7 Å². The van der Waals surface area contributed by atoms with Crippen LogP contribution in [-0.2, 0) is 12.6 Å². The summed E-state index contributed by atoms with van der Waals surface area (Å²) in [4.78, 5) is 17.1. The minimum atomic E-state index is -4.46. The number of pyridine rings is 1. The number of aryl methyl sites for hydroxylation is 2. The van der Waals surface area contributed by atoms with Crippen LogP contribution in [0.5, 0.6) is 0 Å². The van der Waals surface area contributed by atoms with E-state index in [2.05, 4.69) is 10.3 Å². The Hall–Kier alpha value is -2.83. The van der Waals surface area contributed by atoms with Crippen molar-refractivity contribution in [2.75, 3.05) is 5.32 Å². The molecule has 3 rings (SSSR count). The fraction of sp³-hybridized carbons (Fsp3) is 0.222. The Morgan fingerprint density at radius 2 is 2.00 bits per heavy atom. The van der Waals surface area contributed by atoms with Crippen LogP contribution < -0.4 is 5.32 Å². The lowest BCUT2D eigenvalue weighted by Gasteiger charge is -2.10. The minimum absolute atomic E-state index is 0.0870. The molecule has 1 amide bonds. The van der Waals surface area contributed by atoms with Gasteiger partial charge in [-0.2, -0.15) is 13.2 Å². The summed E-state index contributed by atoms with van der Waals surface area (Å²) in [6.45, 7) is 3.79. The first-order valence-electron chi connectivity index (χ1n) is 7.76. The molecule has 4 nitrogen and oxygen atoms in total. The van der Waals surface area contributed by atoms with E-state index in [1.807, 2.05) is 26.0 Å². The Labute approximate surface area is 142 Å². The molecule has 7 heteroatoms. The first-order valence-corrected chi connectivity index (χ1v) is 7.76. The summed E-state index contributed by atoms with van der Waals surface area (Å²) in [7, 11) is 0. The van der Waals surface area contributed by atoms with Crippen LogP contribution in [-0.4, -0.2) is 15.3 Å². The van der Waals surface area contributed by atoms with E-state index in [0.29, 0.717) is 23.5 Å². The van der Waals surface area contributed by atoms with Crippen molar-refractivity contribution in [3.8, 4) is 0 Å². The lowest BCUT2D eigenvalue weighted by Crippen LogP contribution is -2.17. The smallest absolute Gasteiger partial charge is 0.321 e. The topological polar surface area (TPSA) is 46.4 Å². The van der Waals surface area contributed by atoms with Gasteiger partial charge in [0.05, 0.1) is 11.3 Å². The lowest BCUT2D eigenvalue weighted by molar-refractivity contribution is -0.137. The number of halogens is 3. The molecular weight excluding hydrogens is 331 g/mol. The fourth-order valence-electron chi connectivity index (χ4n) is 2.65. The average molecular weight is 347 g/mol. The largest absolute Gasteiger partial charge is 0.416 e. The zero-order valence-electron chi connectivity index (χ0n) is 13.7. The maximum Gasteiger partial charge on any atom is 0.416 e. The van der Waals surface area contributed by atoms with Crippen molar-refractivity contribution in [2.24, 2.45) is 0 Å². The van der Waals surface area contributed by atoms with Gasteiger partial charge in [-0.25, -0.2) is 4.98 Å². The zero-order chi connectivity index (χ0) is 18.2. The number of aromatic nitrogens is 2. The molecule has 0 fully saturated rings. The van der Waals surface area contributed by atoms with Gasteiger partial charge in [0.2, 0.25) is 0 Å². The summed E-state index contributed by atoms with van der Waals surface area (Å²) >= 11 is 0. The van der Waals surface area contributed by atoms with Crippen molar-refractivity contribution < 1.29 is 18.0 Å². The minimum Gasteiger partial charge on any atom is -0.321 e. The van der Waals surface area contributed by atoms with Gasteiger partial charge in [-0.15, -0.1) is 0 Å². The summed E-state index contributed by atoms with van der Waals surface area (Å²) in [5.41, 5.74) is 1.83. The molecule has 25 heavy (non-hydrogen) atoms. The third-order valence-corrected chi connectivity index (χ3v) is 3.85. The molecule has 0 aliphatic heterocycles. The Balaban J connectivity index is 1.98. The number of nitrogens with one attached hydrogen (secondary N) is 1. The maximum absolute atomic E-state index is 12.8. The highest BCUT2D eigenvalue weighted by molar-refractivity contribution is 6.04. The molecular formula is C18H16F3N3O. The van der Waals surface area contributed by atoms with Crippen molar-refractivity contribution >= 4 is 17.2 Å². The molecule has 0 aliphatic carbocycles. The summed E-state index contributed by atoms with van der Waals surface area (Å²) in [6, 6.07) is 8.25. The molecule has 0 saturated heterocycles. The van der Waals surface area contributed by atoms with Gasteiger partial charge in [-0.05, 0) is 49.2 Å². The second kappa shape index (κ2) is 6.23. The highest BCUT2D eigenvalue weighted by Gasteiger charge is 2.30. The average Bonchev–Trinajstić information content (AvgIpc) is 2.92. The van der Waals surface area contributed by atoms with E-state index >= 15 is 0 Å². The molecule has 0 bridgehead atoms. The highest BCUT2D eigenvalue weighted by Crippen LogP contribution is 2.30. The Kier molecular flexibility index (Phi) is 4.24. The number of fused-ring (bicyclic) bond motifs is 1. The molecule has 0 spiro atoms. The van der Waals surface area contributed by atoms with E-state index in [1.165, 1.54) is 12.1 Å². The number of imidazole rings is 1. The van der Waals surface area contributed by atoms with Crippen LogP contribution in [0, 0.1) is 6.92 Å². The standard InChI is InChI=1S/C18H16F3N3O/c1-3-14-16(24-8-7-11(2)9-15(24)23-14)17(25)22-13-6-4-5-12(10-13)18(19,20)21/h4-10H,3H2,1-2H3,(H,22,25). The molecule has 2 heterocycles. The number of rotatable bonds is 3. The van der Waals surface area contributed by atoms with Gasteiger partial charge >= 0.3 is 6.18 Å². The van der Waals surface area contributed by atoms with Gasteiger partial charge in [-0.3, -0.25) is 9.20 Å². The molecule has 0 radical (unpaired) electrons. The molecule has 2 aromatic heterocycles. The van der Waals surface area contributed by atoms with Crippen molar-refractivity contribution in [1.29, 1.82) is 0 Å². The van der Waals surface area contributed by atoms with Crippen LogP contribution in [0.3, 0.4) is 0 Å². The van der Waals surface area contributed by atoms with Crippen LogP contribution in [0.15, 0.2) is 42.6 Å². The van der Waals surface area contributed by atoms with Gasteiger partial charge < -0.3 is 5.32 Å². The molecule has 130 valence electrons. The van der Waals surface area contributed by atoms with E-state index in [9.17, 15) is 18.0 Å². The predicted molar refractivity (Wildman–Crippen MR) is 88.7 cm³/mol. The Bertz CT molecular complexity index is 944. The summed E-state index contributed by atoms with van der Waals surface area (Å²) < 4.78 is 40.1. The van der Waals surface area contributed by atoms with Gasteiger partial charge in [0.15, 0.2) is 0 Å². The summed E-state index contributed by atoms with van der Waals surface area (Å²) in [6.07, 6.45) is -2.19. The zero-order valence-corrected chi connectivity index (χ0v) is 13.7. The predicted octanol–water partition coefficient (Wildman–Crippen LogP) is 4.48. The number of amides is 1. The molecule has 1 aromatic carbocycles. The Morgan fingerprint density at radius 1 is 1.24 bits per heavy atom. The second-order valence-electron chi connectivity index (χ2n) is 5.73. The third kappa shape index (κ3) is 3.35. The number of nitrogens with zero attached hydrogens (tertiary/aromatic N) is 2. The van der Waals surface area contributed by atoms with E-state index in [-0.39, 0.29) is 5.69 Å². The van der Waals surface area contributed by atoms with Gasteiger partial charge in [-0.1, -0.05) is 13.0 Å². The first-order chi connectivity index (χ1) is 11.8. The second-order valence-corrected chi connectivity index (χ2v) is 5.73. The van der Waals surface area contributed by atoms with Crippen molar-refractivity contribution in [2.45, 2.75) is 26.4 Å². The first kappa shape index (κ1) is 17.0. The van der Waals surface area contributed by atoms with E-state index in [4.69, 9.17) is 0 Å². The third-order valence-electron chi connectivity index (χ3n) is 3.85. The quantitative estimate of drug-likeness (QED) is 0.759. The number of alkyl halides is 3. The molecule has 1 N–H and O–H groups in total.